The lowest BCUT2D eigenvalue weighted by Gasteiger charge is -2.41. The molecule has 3 unspecified atom stereocenters. The monoisotopic (exact) mass is 305 g/mol. The van der Waals surface area contributed by atoms with Crippen molar-refractivity contribution in [1.29, 1.82) is 0 Å². The van der Waals surface area contributed by atoms with E-state index < -0.39 is 48.6 Å². The molecule has 0 saturated carbocycles. The van der Waals surface area contributed by atoms with Crippen molar-refractivity contribution >= 4 is 17.9 Å². The molecule has 5 atom stereocenters. The van der Waals surface area contributed by atoms with E-state index in [9.17, 15) is 19.5 Å². The van der Waals surface area contributed by atoms with Gasteiger partial charge in [0.15, 0.2) is 18.5 Å². The molecule has 1 heterocycles. The number of hydrogen-bond donors (Lipinski definition) is 2. The van der Waals surface area contributed by atoms with Gasteiger partial charge >= 0.3 is 17.9 Å². The minimum atomic E-state index is -1.46. The van der Waals surface area contributed by atoms with Crippen LogP contribution >= 0.6 is 0 Å². The number of aliphatic hydroxyl groups excluding tert-OH is 1. The molecule has 1 aliphatic heterocycles. The van der Waals surface area contributed by atoms with Crippen LogP contribution < -0.4 is 5.73 Å². The fourth-order valence-corrected chi connectivity index (χ4v) is 1.95. The first-order chi connectivity index (χ1) is 9.72. The molecule has 1 saturated heterocycles. The minimum Gasteiger partial charge on any atom is -0.463 e. The molecule has 0 amide bonds. The van der Waals surface area contributed by atoms with E-state index in [1.54, 1.807) is 0 Å². The summed E-state index contributed by atoms with van der Waals surface area (Å²) in [6.07, 6.45) is -4.67. The molecule has 3 N–H and O–H groups in total. The fourth-order valence-electron chi connectivity index (χ4n) is 1.95. The van der Waals surface area contributed by atoms with Crippen molar-refractivity contribution in [1.82, 2.24) is 0 Å². The SMILES string of the molecule is CC(=O)OCC1O[C@@H](O)C(N)C(OC(C)=O)[C@H]1OC(C)=O. The number of aliphatic hydroxyl groups is 1. The van der Waals surface area contributed by atoms with E-state index in [1.807, 2.05) is 0 Å². The number of carbonyl (C=O) groups is 3. The summed E-state index contributed by atoms with van der Waals surface area (Å²) in [5.74, 6) is -1.89. The Morgan fingerprint density at radius 1 is 1.05 bits per heavy atom. The first-order valence-corrected chi connectivity index (χ1v) is 6.29. The van der Waals surface area contributed by atoms with E-state index in [0.29, 0.717) is 0 Å². The second kappa shape index (κ2) is 7.34. The zero-order valence-corrected chi connectivity index (χ0v) is 12.0. The third-order valence-electron chi connectivity index (χ3n) is 2.77. The fraction of sp³-hybridized carbons (Fsp3) is 0.750. The topological polar surface area (TPSA) is 134 Å². The quantitative estimate of drug-likeness (QED) is 0.468. The highest BCUT2D eigenvalue weighted by Gasteiger charge is 2.48. The van der Waals surface area contributed by atoms with E-state index in [-0.39, 0.29) is 6.61 Å². The Labute approximate surface area is 121 Å². The van der Waals surface area contributed by atoms with Crippen molar-refractivity contribution in [2.45, 2.75) is 51.4 Å². The first kappa shape index (κ1) is 17.3. The second-order valence-electron chi connectivity index (χ2n) is 4.59. The molecule has 0 radical (unpaired) electrons. The van der Waals surface area contributed by atoms with Crippen LogP contribution in [0.3, 0.4) is 0 Å². The van der Waals surface area contributed by atoms with Gasteiger partial charge in [0, 0.05) is 20.8 Å². The summed E-state index contributed by atoms with van der Waals surface area (Å²) in [5, 5.41) is 9.73. The molecule has 9 nitrogen and oxygen atoms in total. The van der Waals surface area contributed by atoms with E-state index >= 15 is 0 Å². The summed E-state index contributed by atoms with van der Waals surface area (Å²) < 4.78 is 20.0. The molecule has 0 aromatic rings. The molecule has 0 spiro atoms. The molecule has 1 fully saturated rings. The van der Waals surface area contributed by atoms with Gasteiger partial charge in [0.25, 0.3) is 0 Å². The number of ether oxygens (including phenoxy) is 4. The van der Waals surface area contributed by atoms with Crippen LogP contribution in [0.2, 0.25) is 0 Å². The number of carbonyl (C=O) groups excluding carboxylic acids is 3. The lowest BCUT2D eigenvalue weighted by Crippen LogP contribution is -2.64. The van der Waals surface area contributed by atoms with Crippen LogP contribution in [0.25, 0.3) is 0 Å². The van der Waals surface area contributed by atoms with Gasteiger partial charge in [-0.2, -0.15) is 0 Å². The Morgan fingerprint density at radius 3 is 2.05 bits per heavy atom. The summed E-state index contributed by atoms with van der Waals surface area (Å²) in [4.78, 5) is 33.2. The van der Waals surface area contributed by atoms with Crippen LogP contribution in [0, 0.1) is 0 Å². The lowest BCUT2D eigenvalue weighted by atomic mass is 9.97. The molecule has 1 aliphatic rings. The zero-order chi connectivity index (χ0) is 16.2. The van der Waals surface area contributed by atoms with Crippen LogP contribution in [-0.2, 0) is 33.3 Å². The average Bonchev–Trinajstić information content (AvgIpc) is 2.35. The highest BCUT2D eigenvalue weighted by atomic mass is 16.7. The first-order valence-electron chi connectivity index (χ1n) is 6.29. The van der Waals surface area contributed by atoms with Crippen molar-refractivity contribution in [2.75, 3.05) is 6.61 Å². The molecule has 0 aromatic heterocycles. The van der Waals surface area contributed by atoms with E-state index in [1.165, 1.54) is 6.92 Å². The largest absolute Gasteiger partial charge is 0.463 e. The third kappa shape index (κ3) is 4.96. The van der Waals surface area contributed by atoms with Crippen molar-refractivity contribution < 1.29 is 38.4 Å². The van der Waals surface area contributed by atoms with Crippen molar-refractivity contribution in [3.05, 3.63) is 0 Å². The summed E-state index contributed by atoms with van der Waals surface area (Å²) in [6, 6.07) is -1.10. The Morgan fingerprint density at radius 2 is 1.57 bits per heavy atom. The number of hydrogen-bond acceptors (Lipinski definition) is 9. The predicted octanol–water partition coefficient (Wildman–Crippen LogP) is -1.54. The summed E-state index contributed by atoms with van der Waals surface area (Å²) >= 11 is 0. The molecule has 0 bridgehead atoms. The number of nitrogens with two attached hydrogens (primary N) is 1. The smallest absolute Gasteiger partial charge is 0.303 e. The van der Waals surface area contributed by atoms with Gasteiger partial charge in [-0.1, -0.05) is 0 Å². The van der Waals surface area contributed by atoms with Crippen LogP contribution in [-0.4, -0.2) is 60.3 Å². The van der Waals surface area contributed by atoms with Gasteiger partial charge in [0.1, 0.15) is 12.7 Å². The van der Waals surface area contributed by atoms with Crippen molar-refractivity contribution in [3.8, 4) is 0 Å². The lowest BCUT2D eigenvalue weighted by molar-refractivity contribution is -0.260. The molecule has 9 heteroatoms. The zero-order valence-electron chi connectivity index (χ0n) is 12.0. The van der Waals surface area contributed by atoms with Crippen LogP contribution in [0.1, 0.15) is 20.8 Å². The predicted molar refractivity (Wildman–Crippen MR) is 66.6 cm³/mol. The maximum absolute atomic E-state index is 11.2. The second-order valence-corrected chi connectivity index (χ2v) is 4.59. The van der Waals surface area contributed by atoms with Crippen molar-refractivity contribution in [3.63, 3.8) is 0 Å². The standard InChI is InChI=1S/C12H19NO8/c1-5(14)18-4-8-10(19-6(2)15)11(20-7(3)16)9(13)12(17)21-8/h8-12,17H,4,13H2,1-3H3/t8?,9?,10-,11?,12+/m0/s1. The van der Waals surface area contributed by atoms with Gasteiger partial charge in [0.2, 0.25) is 0 Å². The van der Waals surface area contributed by atoms with E-state index in [0.717, 1.165) is 13.8 Å². The molecule has 0 aliphatic carbocycles. The highest BCUT2D eigenvalue weighted by molar-refractivity contribution is 5.67. The molecule has 21 heavy (non-hydrogen) atoms. The van der Waals surface area contributed by atoms with Gasteiger partial charge in [-0.15, -0.1) is 0 Å². The van der Waals surface area contributed by atoms with Crippen LogP contribution in [0.15, 0.2) is 0 Å². The Kier molecular flexibility index (Phi) is 6.06. The molecule has 0 aromatic carbocycles. The summed E-state index contributed by atoms with van der Waals surface area (Å²) in [7, 11) is 0. The molecular weight excluding hydrogens is 286 g/mol. The maximum atomic E-state index is 11.2. The Hall–Kier alpha value is -1.71. The minimum absolute atomic E-state index is 0.283. The Bertz CT molecular complexity index is 412. The Balaban J connectivity index is 2.94. The highest BCUT2D eigenvalue weighted by Crippen LogP contribution is 2.24. The van der Waals surface area contributed by atoms with Gasteiger partial charge in [-0.3, -0.25) is 14.4 Å². The van der Waals surface area contributed by atoms with Gasteiger partial charge < -0.3 is 29.8 Å². The number of esters is 3. The summed E-state index contributed by atoms with van der Waals surface area (Å²) in [5.41, 5.74) is 5.70. The van der Waals surface area contributed by atoms with Gasteiger partial charge in [-0.05, 0) is 0 Å². The average molecular weight is 305 g/mol. The van der Waals surface area contributed by atoms with Crippen LogP contribution in [0.4, 0.5) is 0 Å². The molecule has 1 rings (SSSR count). The van der Waals surface area contributed by atoms with Crippen molar-refractivity contribution in [2.24, 2.45) is 5.73 Å². The van der Waals surface area contributed by atoms with Gasteiger partial charge in [-0.25, -0.2) is 0 Å². The number of rotatable bonds is 4. The normalized spacial score (nSPS) is 32.1. The maximum Gasteiger partial charge on any atom is 0.303 e. The van der Waals surface area contributed by atoms with Gasteiger partial charge in [0.05, 0.1) is 6.04 Å². The molecular formula is C12H19NO8. The molecule has 120 valence electrons. The summed E-state index contributed by atoms with van der Waals surface area (Å²) in [6.45, 7) is 3.22. The van der Waals surface area contributed by atoms with Crippen LogP contribution in [0.5, 0.6) is 0 Å². The van der Waals surface area contributed by atoms with E-state index in [2.05, 4.69) is 0 Å². The third-order valence-corrected chi connectivity index (χ3v) is 2.77. The van der Waals surface area contributed by atoms with E-state index in [4.69, 9.17) is 24.7 Å².